The number of hydrogen-bond acceptors (Lipinski definition) is 2. The van der Waals surface area contributed by atoms with Crippen LogP contribution in [0.3, 0.4) is 0 Å². The van der Waals surface area contributed by atoms with Crippen molar-refractivity contribution in [3.63, 3.8) is 0 Å². The molecule has 0 aromatic heterocycles. The highest BCUT2D eigenvalue weighted by Gasteiger charge is 2.25. The van der Waals surface area contributed by atoms with Crippen LogP contribution in [0.4, 0.5) is 0 Å². The SMILES string of the molecule is C=CCCC(CC)NC(C)(C)C(C)O. The van der Waals surface area contributed by atoms with E-state index in [1.165, 1.54) is 0 Å². The molecule has 0 heterocycles. The maximum Gasteiger partial charge on any atom is 0.0688 e. The van der Waals surface area contributed by atoms with Gasteiger partial charge in [0, 0.05) is 11.6 Å². The molecule has 0 fully saturated rings. The Balaban J connectivity index is 4.08. The normalized spacial score (nSPS) is 16.4. The molecule has 0 rings (SSSR count). The Morgan fingerprint density at radius 1 is 1.50 bits per heavy atom. The molecule has 0 spiro atoms. The Kier molecular flexibility index (Phi) is 6.05. The molecule has 2 unspecified atom stereocenters. The zero-order chi connectivity index (χ0) is 11.2. The van der Waals surface area contributed by atoms with Crippen molar-refractivity contribution in [2.24, 2.45) is 0 Å². The number of aliphatic hydroxyl groups excluding tert-OH is 1. The fourth-order valence-electron chi connectivity index (χ4n) is 1.34. The number of aliphatic hydroxyl groups is 1. The Morgan fingerprint density at radius 2 is 2.07 bits per heavy atom. The number of nitrogens with one attached hydrogen (secondary N) is 1. The van der Waals surface area contributed by atoms with E-state index < -0.39 is 0 Å². The molecule has 2 heteroatoms. The summed E-state index contributed by atoms with van der Waals surface area (Å²) in [5, 5.41) is 13.0. The molecule has 0 aliphatic rings. The highest BCUT2D eigenvalue weighted by molar-refractivity contribution is 4.87. The molecule has 2 nitrogen and oxygen atoms in total. The molecule has 0 aliphatic carbocycles. The molecular weight excluding hydrogens is 174 g/mol. The number of allylic oxidation sites excluding steroid dienone is 1. The zero-order valence-corrected chi connectivity index (χ0v) is 10.0. The molecule has 0 saturated carbocycles. The third kappa shape index (κ3) is 4.77. The molecule has 0 radical (unpaired) electrons. The molecule has 0 saturated heterocycles. The highest BCUT2D eigenvalue weighted by atomic mass is 16.3. The predicted octanol–water partition coefficient (Wildman–Crippen LogP) is 2.48. The summed E-state index contributed by atoms with van der Waals surface area (Å²) >= 11 is 0. The highest BCUT2D eigenvalue weighted by Crippen LogP contribution is 2.13. The van der Waals surface area contributed by atoms with Gasteiger partial charge in [-0.3, -0.25) is 0 Å². The molecule has 0 amide bonds. The second-order valence-electron chi connectivity index (χ2n) is 4.51. The summed E-state index contributed by atoms with van der Waals surface area (Å²) in [5.74, 6) is 0. The molecule has 84 valence electrons. The van der Waals surface area contributed by atoms with Gasteiger partial charge in [0.1, 0.15) is 0 Å². The average molecular weight is 199 g/mol. The fraction of sp³-hybridized carbons (Fsp3) is 0.833. The van der Waals surface area contributed by atoms with Crippen molar-refractivity contribution in [3.05, 3.63) is 12.7 Å². The number of rotatable bonds is 7. The number of hydrogen-bond donors (Lipinski definition) is 2. The lowest BCUT2D eigenvalue weighted by atomic mass is 9.95. The summed E-state index contributed by atoms with van der Waals surface area (Å²) < 4.78 is 0. The van der Waals surface area contributed by atoms with E-state index in [2.05, 4.69) is 18.8 Å². The summed E-state index contributed by atoms with van der Waals surface area (Å²) in [7, 11) is 0. The van der Waals surface area contributed by atoms with E-state index in [1.807, 2.05) is 26.8 Å². The summed E-state index contributed by atoms with van der Waals surface area (Å²) in [5.41, 5.74) is -0.207. The molecule has 0 aliphatic heterocycles. The van der Waals surface area contributed by atoms with Crippen LogP contribution in [-0.2, 0) is 0 Å². The minimum atomic E-state index is -0.333. The molecule has 0 bridgehead atoms. The maximum atomic E-state index is 9.57. The third-order valence-corrected chi connectivity index (χ3v) is 2.83. The maximum absolute atomic E-state index is 9.57. The molecule has 2 N–H and O–H groups in total. The fourth-order valence-corrected chi connectivity index (χ4v) is 1.34. The molecular formula is C12H25NO. The second-order valence-corrected chi connectivity index (χ2v) is 4.51. The van der Waals surface area contributed by atoms with Gasteiger partial charge in [0.15, 0.2) is 0 Å². The van der Waals surface area contributed by atoms with Crippen LogP contribution in [0.5, 0.6) is 0 Å². The van der Waals surface area contributed by atoms with Crippen molar-refractivity contribution in [1.29, 1.82) is 0 Å². The van der Waals surface area contributed by atoms with Gasteiger partial charge in [0.05, 0.1) is 6.10 Å². The van der Waals surface area contributed by atoms with Crippen LogP contribution < -0.4 is 5.32 Å². The second kappa shape index (κ2) is 6.20. The lowest BCUT2D eigenvalue weighted by Crippen LogP contribution is -2.52. The van der Waals surface area contributed by atoms with E-state index in [9.17, 15) is 5.11 Å². The molecule has 14 heavy (non-hydrogen) atoms. The van der Waals surface area contributed by atoms with Crippen molar-refractivity contribution in [2.75, 3.05) is 0 Å². The topological polar surface area (TPSA) is 32.3 Å². The molecule has 0 aromatic carbocycles. The van der Waals surface area contributed by atoms with Crippen molar-refractivity contribution >= 4 is 0 Å². The van der Waals surface area contributed by atoms with Crippen molar-refractivity contribution in [2.45, 2.75) is 64.6 Å². The largest absolute Gasteiger partial charge is 0.392 e. The molecule has 2 atom stereocenters. The van der Waals surface area contributed by atoms with Gasteiger partial charge < -0.3 is 10.4 Å². The van der Waals surface area contributed by atoms with E-state index in [0.717, 1.165) is 19.3 Å². The van der Waals surface area contributed by atoms with Crippen LogP contribution in [0.1, 0.15) is 47.0 Å². The van der Waals surface area contributed by atoms with Gasteiger partial charge in [-0.25, -0.2) is 0 Å². The van der Waals surface area contributed by atoms with Gasteiger partial charge in [-0.05, 0) is 40.0 Å². The van der Waals surface area contributed by atoms with Crippen LogP contribution in [0.15, 0.2) is 12.7 Å². The quantitative estimate of drug-likeness (QED) is 0.617. The van der Waals surface area contributed by atoms with Crippen LogP contribution in [0, 0.1) is 0 Å². The monoisotopic (exact) mass is 199 g/mol. The van der Waals surface area contributed by atoms with E-state index in [4.69, 9.17) is 0 Å². The van der Waals surface area contributed by atoms with Gasteiger partial charge in [0.25, 0.3) is 0 Å². The Bertz CT molecular complexity index is 164. The molecule has 0 aromatic rings. The summed E-state index contributed by atoms with van der Waals surface area (Å²) in [6, 6.07) is 0.470. The van der Waals surface area contributed by atoms with E-state index >= 15 is 0 Å². The van der Waals surface area contributed by atoms with Gasteiger partial charge in [-0.15, -0.1) is 6.58 Å². The van der Waals surface area contributed by atoms with Crippen LogP contribution in [0.2, 0.25) is 0 Å². The summed E-state index contributed by atoms with van der Waals surface area (Å²) in [6.07, 6.45) is 4.82. The van der Waals surface area contributed by atoms with Gasteiger partial charge in [0.2, 0.25) is 0 Å². The van der Waals surface area contributed by atoms with Gasteiger partial charge in [-0.2, -0.15) is 0 Å². The van der Waals surface area contributed by atoms with Crippen LogP contribution in [-0.4, -0.2) is 22.8 Å². The van der Waals surface area contributed by atoms with Crippen LogP contribution >= 0.6 is 0 Å². The minimum Gasteiger partial charge on any atom is -0.392 e. The first-order valence-corrected chi connectivity index (χ1v) is 5.50. The van der Waals surface area contributed by atoms with E-state index in [1.54, 1.807) is 0 Å². The summed E-state index contributed by atoms with van der Waals surface area (Å²) in [6.45, 7) is 11.8. The van der Waals surface area contributed by atoms with Gasteiger partial charge >= 0.3 is 0 Å². The first-order chi connectivity index (χ1) is 6.44. The third-order valence-electron chi connectivity index (χ3n) is 2.83. The Labute approximate surface area is 88.4 Å². The zero-order valence-electron chi connectivity index (χ0n) is 10.0. The van der Waals surface area contributed by atoms with Crippen molar-refractivity contribution in [3.8, 4) is 0 Å². The average Bonchev–Trinajstić information content (AvgIpc) is 2.11. The standard InChI is InChI=1S/C12H25NO/c1-6-8-9-11(7-2)13-12(4,5)10(3)14/h6,10-11,13-14H,1,7-9H2,2-5H3. The lowest BCUT2D eigenvalue weighted by molar-refractivity contribution is 0.0864. The van der Waals surface area contributed by atoms with Crippen molar-refractivity contribution < 1.29 is 5.11 Å². The first-order valence-electron chi connectivity index (χ1n) is 5.50. The van der Waals surface area contributed by atoms with E-state index in [-0.39, 0.29) is 11.6 Å². The summed E-state index contributed by atoms with van der Waals surface area (Å²) in [4.78, 5) is 0. The van der Waals surface area contributed by atoms with Crippen molar-refractivity contribution in [1.82, 2.24) is 5.32 Å². The minimum absolute atomic E-state index is 0.207. The smallest absolute Gasteiger partial charge is 0.0688 e. The van der Waals surface area contributed by atoms with E-state index in [0.29, 0.717) is 6.04 Å². The Hall–Kier alpha value is -0.340. The lowest BCUT2D eigenvalue weighted by Gasteiger charge is -2.34. The first kappa shape index (κ1) is 13.7. The van der Waals surface area contributed by atoms with Crippen LogP contribution in [0.25, 0.3) is 0 Å². The van der Waals surface area contributed by atoms with Gasteiger partial charge in [-0.1, -0.05) is 13.0 Å². The predicted molar refractivity (Wildman–Crippen MR) is 62.4 cm³/mol. The Morgan fingerprint density at radius 3 is 2.43 bits per heavy atom.